The smallest absolute Gasteiger partial charge is 0.227 e. The van der Waals surface area contributed by atoms with Gasteiger partial charge in [-0.2, -0.15) is 0 Å². The zero-order valence-electron chi connectivity index (χ0n) is 14.9. The third kappa shape index (κ3) is 3.40. The van der Waals surface area contributed by atoms with Crippen molar-refractivity contribution in [3.63, 3.8) is 0 Å². The molecule has 4 heteroatoms. The van der Waals surface area contributed by atoms with Crippen LogP contribution in [0.1, 0.15) is 30.5 Å². The molecule has 1 aromatic carbocycles. The molecule has 0 radical (unpaired) electrons. The van der Waals surface area contributed by atoms with Gasteiger partial charge in [-0.15, -0.1) is 0 Å². The van der Waals surface area contributed by atoms with Gasteiger partial charge in [0.05, 0.1) is 13.3 Å². The van der Waals surface area contributed by atoms with Crippen LogP contribution >= 0.6 is 0 Å². The monoisotopic (exact) mass is 346 g/mol. The molecule has 3 aromatic rings. The number of rotatable bonds is 4. The number of aryl methyl sites for hydroxylation is 2. The standard InChI is InChI=1S/C22H22N2O2/c1-25-21-12-6-5-9-18(21)19-10-7-13-23-22(19)26-17-14-16-8-3-2-4-11-20(16)24-15-17/h5-7,9-10,12-15H,2-4,8,11H2,1H3. The van der Waals surface area contributed by atoms with Gasteiger partial charge in [-0.05, 0) is 55.5 Å². The van der Waals surface area contributed by atoms with E-state index in [2.05, 4.69) is 16.0 Å². The van der Waals surface area contributed by atoms with Crippen LogP contribution in [0.2, 0.25) is 0 Å². The first-order valence-corrected chi connectivity index (χ1v) is 9.09. The van der Waals surface area contributed by atoms with Crippen LogP contribution in [0.3, 0.4) is 0 Å². The summed E-state index contributed by atoms with van der Waals surface area (Å²) in [5.74, 6) is 2.10. The van der Waals surface area contributed by atoms with E-state index in [1.54, 1.807) is 13.3 Å². The summed E-state index contributed by atoms with van der Waals surface area (Å²) in [6, 6.07) is 13.9. The van der Waals surface area contributed by atoms with Gasteiger partial charge in [0.2, 0.25) is 5.88 Å². The predicted molar refractivity (Wildman–Crippen MR) is 102 cm³/mol. The minimum Gasteiger partial charge on any atom is -0.496 e. The van der Waals surface area contributed by atoms with E-state index in [9.17, 15) is 0 Å². The maximum absolute atomic E-state index is 6.14. The Kier molecular flexibility index (Phi) is 4.82. The van der Waals surface area contributed by atoms with E-state index in [4.69, 9.17) is 9.47 Å². The molecule has 0 atom stereocenters. The first kappa shape index (κ1) is 16.6. The molecule has 0 amide bonds. The van der Waals surface area contributed by atoms with E-state index in [0.717, 1.165) is 35.5 Å². The van der Waals surface area contributed by atoms with Crippen LogP contribution < -0.4 is 9.47 Å². The maximum Gasteiger partial charge on any atom is 0.227 e. The van der Waals surface area contributed by atoms with Crippen molar-refractivity contribution in [3.05, 3.63) is 66.1 Å². The number of benzene rings is 1. The van der Waals surface area contributed by atoms with Crippen molar-refractivity contribution in [2.45, 2.75) is 32.1 Å². The van der Waals surface area contributed by atoms with Crippen molar-refractivity contribution >= 4 is 0 Å². The second-order valence-corrected chi connectivity index (χ2v) is 6.50. The fourth-order valence-electron chi connectivity index (χ4n) is 3.45. The normalized spacial score (nSPS) is 13.6. The molecule has 1 aliphatic carbocycles. The van der Waals surface area contributed by atoms with Gasteiger partial charge in [0.15, 0.2) is 0 Å². The summed E-state index contributed by atoms with van der Waals surface area (Å²) in [6.45, 7) is 0. The molecule has 0 spiro atoms. The summed E-state index contributed by atoms with van der Waals surface area (Å²) in [7, 11) is 1.67. The second kappa shape index (κ2) is 7.56. The summed E-state index contributed by atoms with van der Waals surface area (Å²) >= 11 is 0. The number of ether oxygens (including phenoxy) is 2. The van der Waals surface area contributed by atoms with Crippen LogP contribution in [0.25, 0.3) is 11.1 Å². The van der Waals surface area contributed by atoms with Crippen LogP contribution in [0.4, 0.5) is 0 Å². The summed E-state index contributed by atoms with van der Waals surface area (Å²) < 4.78 is 11.6. The number of nitrogens with zero attached hydrogens (tertiary/aromatic N) is 2. The van der Waals surface area contributed by atoms with Gasteiger partial charge in [-0.25, -0.2) is 4.98 Å². The van der Waals surface area contributed by atoms with E-state index < -0.39 is 0 Å². The molecule has 4 nitrogen and oxygen atoms in total. The third-order valence-corrected chi connectivity index (χ3v) is 4.78. The molecular weight excluding hydrogens is 324 g/mol. The topological polar surface area (TPSA) is 44.2 Å². The lowest BCUT2D eigenvalue weighted by Gasteiger charge is -2.13. The SMILES string of the molecule is COc1ccccc1-c1cccnc1Oc1cnc2c(c1)CCCCC2. The van der Waals surface area contributed by atoms with Crippen molar-refractivity contribution in [2.75, 3.05) is 7.11 Å². The van der Waals surface area contributed by atoms with Gasteiger partial charge < -0.3 is 9.47 Å². The highest BCUT2D eigenvalue weighted by atomic mass is 16.5. The number of hydrogen-bond donors (Lipinski definition) is 0. The minimum atomic E-state index is 0.562. The highest BCUT2D eigenvalue weighted by Gasteiger charge is 2.15. The molecule has 0 unspecified atom stereocenters. The largest absolute Gasteiger partial charge is 0.496 e. The highest BCUT2D eigenvalue weighted by Crippen LogP contribution is 2.37. The van der Waals surface area contributed by atoms with Crippen molar-refractivity contribution in [3.8, 4) is 28.5 Å². The Morgan fingerprint density at radius 2 is 1.73 bits per heavy atom. The molecule has 0 bridgehead atoms. The molecule has 132 valence electrons. The van der Waals surface area contributed by atoms with Gasteiger partial charge in [0.1, 0.15) is 11.5 Å². The lowest BCUT2D eigenvalue weighted by atomic mass is 10.1. The molecule has 0 aliphatic heterocycles. The summed E-state index contributed by atoms with van der Waals surface area (Å²) in [6.07, 6.45) is 9.39. The Balaban J connectivity index is 1.69. The van der Waals surface area contributed by atoms with Gasteiger partial charge >= 0.3 is 0 Å². The predicted octanol–water partition coefficient (Wildman–Crippen LogP) is 5.21. The molecule has 2 aromatic heterocycles. The Hall–Kier alpha value is -2.88. The van der Waals surface area contributed by atoms with Gasteiger partial charge in [-0.1, -0.05) is 24.6 Å². The second-order valence-electron chi connectivity index (χ2n) is 6.50. The molecule has 0 saturated carbocycles. The third-order valence-electron chi connectivity index (χ3n) is 4.78. The highest BCUT2D eigenvalue weighted by molar-refractivity contribution is 5.74. The van der Waals surface area contributed by atoms with E-state index in [1.165, 1.54) is 30.5 Å². The van der Waals surface area contributed by atoms with Crippen LogP contribution in [0.15, 0.2) is 54.9 Å². The Morgan fingerprint density at radius 3 is 2.65 bits per heavy atom. The number of para-hydroxylation sites is 1. The quantitative estimate of drug-likeness (QED) is 0.608. The molecule has 1 aliphatic rings. The average Bonchev–Trinajstić information content (AvgIpc) is 2.93. The molecule has 0 N–H and O–H groups in total. The fourth-order valence-corrected chi connectivity index (χ4v) is 3.45. The van der Waals surface area contributed by atoms with Crippen molar-refractivity contribution < 1.29 is 9.47 Å². The Labute approximate surface area is 153 Å². The van der Waals surface area contributed by atoms with E-state index in [1.807, 2.05) is 42.6 Å². The van der Waals surface area contributed by atoms with Crippen molar-refractivity contribution in [1.29, 1.82) is 0 Å². The summed E-state index contributed by atoms with van der Waals surface area (Å²) in [5.41, 5.74) is 4.37. The number of fused-ring (bicyclic) bond motifs is 1. The lowest BCUT2D eigenvalue weighted by Crippen LogP contribution is -1.98. The Bertz CT molecular complexity index is 908. The van der Waals surface area contributed by atoms with Gasteiger partial charge in [0, 0.05) is 23.0 Å². The van der Waals surface area contributed by atoms with Crippen molar-refractivity contribution in [2.24, 2.45) is 0 Å². The minimum absolute atomic E-state index is 0.562. The van der Waals surface area contributed by atoms with E-state index in [-0.39, 0.29) is 0 Å². The Morgan fingerprint density at radius 1 is 0.885 bits per heavy atom. The molecule has 0 saturated heterocycles. The maximum atomic E-state index is 6.14. The molecular formula is C22H22N2O2. The fraction of sp³-hybridized carbons (Fsp3) is 0.273. The van der Waals surface area contributed by atoms with E-state index >= 15 is 0 Å². The van der Waals surface area contributed by atoms with Gasteiger partial charge in [-0.3, -0.25) is 4.98 Å². The van der Waals surface area contributed by atoms with Crippen LogP contribution in [0, 0.1) is 0 Å². The van der Waals surface area contributed by atoms with E-state index in [0.29, 0.717) is 5.88 Å². The first-order valence-electron chi connectivity index (χ1n) is 9.09. The number of pyridine rings is 2. The van der Waals surface area contributed by atoms with Crippen LogP contribution in [-0.4, -0.2) is 17.1 Å². The number of hydrogen-bond acceptors (Lipinski definition) is 4. The first-order chi connectivity index (χ1) is 12.8. The lowest BCUT2D eigenvalue weighted by molar-refractivity contribution is 0.415. The molecule has 26 heavy (non-hydrogen) atoms. The number of aromatic nitrogens is 2. The van der Waals surface area contributed by atoms with Crippen LogP contribution in [-0.2, 0) is 12.8 Å². The van der Waals surface area contributed by atoms with Crippen LogP contribution in [0.5, 0.6) is 17.4 Å². The molecule has 2 heterocycles. The van der Waals surface area contributed by atoms with Gasteiger partial charge in [0.25, 0.3) is 0 Å². The summed E-state index contributed by atoms with van der Waals surface area (Å²) in [4.78, 5) is 9.08. The van der Waals surface area contributed by atoms with Crippen molar-refractivity contribution in [1.82, 2.24) is 9.97 Å². The zero-order chi connectivity index (χ0) is 17.8. The average molecular weight is 346 g/mol. The molecule has 4 rings (SSSR count). The number of methoxy groups -OCH3 is 1. The zero-order valence-corrected chi connectivity index (χ0v) is 14.9. The molecule has 0 fully saturated rings. The summed E-state index contributed by atoms with van der Waals surface area (Å²) in [5, 5.41) is 0.